The van der Waals surface area contributed by atoms with Crippen LogP contribution in [0.4, 0.5) is 23.2 Å². The maximum absolute atomic E-state index is 13.7. The molecule has 4 nitrogen and oxygen atoms in total. The van der Waals surface area contributed by atoms with Crippen LogP contribution in [-0.4, -0.2) is 4.92 Å². The van der Waals surface area contributed by atoms with E-state index >= 15 is 0 Å². The van der Waals surface area contributed by atoms with Crippen LogP contribution in [0, 0.1) is 33.4 Å². The van der Waals surface area contributed by atoms with Crippen LogP contribution < -0.4 is 4.74 Å². The summed E-state index contributed by atoms with van der Waals surface area (Å²) in [4.78, 5) is 9.03. The molecule has 0 saturated heterocycles. The lowest BCUT2D eigenvalue weighted by Gasteiger charge is -2.09. The summed E-state index contributed by atoms with van der Waals surface area (Å²) in [6.45, 7) is -0.364. The van der Waals surface area contributed by atoms with Gasteiger partial charge in [-0.2, -0.15) is 13.2 Å². The van der Waals surface area contributed by atoms with Gasteiger partial charge in [-0.15, -0.1) is 0 Å². The summed E-state index contributed by atoms with van der Waals surface area (Å²) >= 11 is 0. The zero-order valence-electron chi connectivity index (χ0n) is 10.3. The van der Waals surface area contributed by atoms with Crippen molar-refractivity contribution >= 4 is 5.69 Å². The van der Waals surface area contributed by atoms with Crippen LogP contribution in [0.5, 0.6) is 5.75 Å². The lowest BCUT2D eigenvalue weighted by Crippen LogP contribution is -2.08. The van der Waals surface area contributed by atoms with Crippen molar-refractivity contribution in [2.75, 3.05) is 0 Å². The zero-order valence-corrected chi connectivity index (χ0v) is 10.3. The molecule has 8 heteroatoms. The van der Waals surface area contributed by atoms with Gasteiger partial charge in [0.2, 0.25) is 29.0 Å². The lowest BCUT2D eigenvalue weighted by molar-refractivity contribution is -0.390. The average Bonchev–Trinajstić information content (AvgIpc) is 2.46. The Bertz CT molecular complexity index is 692. The highest BCUT2D eigenvalue weighted by molar-refractivity contribution is 5.44. The normalized spacial score (nSPS) is 10.5. The van der Waals surface area contributed by atoms with E-state index in [1.807, 2.05) is 0 Å². The van der Waals surface area contributed by atoms with Gasteiger partial charge in [-0.3, -0.25) is 10.1 Å². The van der Waals surface area contributed by atoms with Crippen molar-refractivity contribution in [3.63, 3.8) is 0 Å². The second kappa shape index (κ2) is 5.78. The minimum absolute atomic E-state index is 0.364. The molecule has 0 radical (unpaired) electrons. The van der Waals surface area contributed by atoms with Gasteiger partial charge in [0.25, 0.3) is 0 Å². The Hall–Kier alpha value is -2.64. The molecule has 0 aliphatic heterocycles. The van der Waals surface area contributed by atoms with Crippen molar-refractivity contribution in [2.24, 2.45) is 0 Å². The molecule has 2 rings (SSSR count). The summed E-state index contributed by atoms with van der Waals surface area (Å²) in [5.74, 6) is -9.54. The Balaban J connectivity index is 2.41. The maximum atomic E-state index is 13.7. The predicted molar refractivity (Wildman–Crippen MR) is 63.7 cm³/mol. The van der Waals surface area contributed by atoms with Gasteiger partial charge in [0, 0.05) is 0 Å². The fourth-order valence-corrected chi connectivity index (χ4v) is 1.62. The van der Waals surface area contributed by atoms with Crippen LogP contribution in [0.2, 0.25) is 0 Å². The predicted octanol–water partition coefficient (Wildman–Crippen LogP) is 3.73. The first-order chi connectivity index (χ1) is 9.93. The molecule has 0 heterocycles. The summed E-state index contributed by atoms with van der Waals surface area (Å²) in [6.07, 6.45) is 0. The van der Waals surface area contributed by atoms with Crippen molar-refractivity contribution in [3.8, 4) is 5.75 Å². The van der Waals surface area contributed by atoms with E-state index in [1.54, 1.807) is 30.3 Å². The molecule has 110 valence electrons. The van der Waals surface area contributed by atoms with E-state index in [2.05, 4.69) is 0 Å². The van der Waals surface area contributed by atoms with Crippen molar-refractivity contribution in [1.29, 1.82) is 0 Å². The number of ether oxygens (including phenoxy) is 1. The largest absolute Gasteiger partial charge is 0.483 e. The SMILES string of the molecule is O=[N+]([O-])c1c(F)c(F)c(F)c(OCc2ccccc2)c1F. The van der Waals surface area contributed by atoms with Gasteiger partial charge in [-0.25, -0.2) is 4.39 Å². The number of nitrogens with zero attached hydrogens (tertiary/aromatic N) is 1. The molecule has 2 aromatic rings. The maximum Gasteiger partial charge on any atom is 0.347 e. The molecule has 2 aromatic carbocycles. The van der Waals surface area contributed by atoms with E-state index in [0.717, 1.165) is 0 Å². The average molecular weight is 301 g/mol. The fraction of sp³-hybridized carbons (Fsp3) is 0.0769. The summed E-state index contributed by atoms with van der Waals surface area (Å²) in [6, 6.07) is 8.06. The van der Waals surface area contributed by atoms with Gasteiger partial charge >= 0.3 is 5.69 Å². The number of halogens is 4. The third kappa shape index (κ3) is 2.78. The van der Waals surface area contributed by atoms with Gasteiger partial charge in [0.1, 0.15) is 6.61 Å². The minimum Gasteiger partial charge on any atom is -0.483 e. The molecule has 0 spiro atoms. The van der Waals surface area contributed by atoms with Crippen molar-refractivity contribution in [1.82, 2.24) is 0 Å². The van der Waals surface area contributed by atoms with Crippen molar-refractivity contribution in [2.45, 2.75) is 6.61 Å². The third-order valence-electron chi connectivity index (χ3n) is 2.61. The van der Waals surface area contributed by atoms with Gasteiger partial charge in [-0.05, 0) is 5.56 Å². The fourth-order valence-electron chi connectivity index (χ4n) is 1.62. The first-order valence-corrected chi connectivity index (χ1v) is 5.60. The first-order valence-electron chi connectivity index (χ1n) is 5.60. The third-order valence-corrected chi connectivity index (χ3v) is 2.61. The molecule has 0 fully saturated rings. The lowest BCUT2D eigenvalue weighted by atomic mass is 10.2. The Kier molecular flexibility index (Phi) is 4.06. The number of hydrogen-bond donors (Lipinski definition) is 0. The van der Waals surface area contributed by atoms with Gasteiger partial charge in [0.05, 0.1) is 4.92 Å². The van der Waals surface area contributed by atoms with Crippen molar-refractivity contribution in [3.05, 3.63) is 69.3 Å². The van der Waals surface area contributed by atoms with E-state index in [-0.39, 0.29) is 6.61 Å². The zero-order chi connectivity index (χ0) is 15.6. The van der Waals surface area contributed by atoms with E-state index in [9.17, 15) is 27.7 Å². The van der Waals surface area contributed by atoms with E-state index in [1.165, 1.54) is 0 Å². The Morgan fingerprint density at radius 2 is 1.57 bits per heavy atom. The number of nitro benzene ring substituents is 1. The van der Waals surface area contributed by atoms with Crippen LogP contribution in [0.15, 0.2) is 30.3 Å². The van der Waals surface area contributed by atoms with Crippen LogP contribution in [-0.2, 0) is 6.61 Å². The quantitative estimate of drug-likeness (QED) is 0.284. The summed E-state index contributed by atoms with van der Waals surface area (Å²) in [7, 11) is 0. The van der Waals surface area contributed by atoms with E-state index in [4.69, 9.17) is 4.74 Å². The molecule has 0 N–H and O–H groups in total. The van der Waals surface area contributed by atoms with Gasteiger partial charge in [0.15, 0.2) is 0 Å². The first kappa shape index (κ1) is 14.8. The van der Waals surface area contributed by atoms with Crippen LogP contribution in [0.1, 0.15) is 5.56 Å². The van der Waals surface area contributed by atoms with Crippen LogP contribution in [0.25, 0.3) is 0 Å². The topological polar surface area (TPSA) is 52.4 Å². The molecule has 0 amide bonds. The second-order valence-electron chi connectivity index (χ2n) is 3.97. The molecule has 0 aliphatic carbocycles. The molecule has 0 atom stereocenters. The van der Waals surface area contributed by atoms with Crippen molar-refractivity contribution < 1.29 is 27.2 Å². The Morgan fingerprint density at radius 1 is 0.952 bits per heavy atom. The van der Waals surface area contributed by atoms with Gasteiger partial charge < -0.3 is 4.74 Å². The molecule has 0 saturated carbocycles. The molecule has 21 heavy (non-hydrogen) atoms. The number of rotatable bonds is 4. The number of benzene rings is 2. The minimum atomic E-state index is -2.21. The molecular weight excluding hydrogens is 294 g/mol. The van der Waals surface area contributed by atoms with Crippen LogP contribution >= 0.6 is 0 Å². The highest BCUT2D eigenvalue weighted by atomic mass is 19.2. The summed E-state index contributed by atoms with van der Waals surface area (Å²) in [5.41, 5.74) is -1.30. The monoisotopic (exact) mass is 301 g/mol. The highest BCUT2D eigenvalue weighted by Crippen LogP contribution is 2.35. The smallest absolute Gasteiger partial charge is 0.347 e. The van der Waals surface area contributed by atoms with Gasteiger partial charge in [-0.1, -0.05) is 30.3 Å². The molecule has 0 aliphatic rings. The summed E-state index contributed by atoms with van der Waals surface area (Å²) in [5, 5.41) is 10.5. The molecule has 0 bridgehead atoms. The number of hydrogen-bond acceptors (Lipinski definition) is 3. The van der Waals surface area contributed by atoms with E-state index in [0.29, 0.717) is 5.56 Å². The standard InChI is InChI=1S/C13H7F4NO3/c14-8-9(15)12(18(19)20)11(17)13(10(8)16)21-6-7-4-2-1-3-5-7/h1-5H,6H2. The molecule has 0 unspecified atom stereocenters. The van der Waals surface area contributed by atoms with E-state index < -0.39 is 39.6 Å². The molecule has 0 aromatic heterocycles. The second-order valence-corrected chi connectivity index (χ2v) is 3.97. The Labute approximate surface area is 115 Å². The Morgan fingerprint density at radius 3 is 2.14 bits per heavy atom. The summed E-state index contributed by atoms with van der Waals surface area (Å²) < 4.78 is 58.3. The highest BCUT2D eigenvalue weighted by Gasteiger charge is 2.34. The molecular formula is C13H7F4NO3. The van der Waals surface area contributed by atoms with Crippen LogP contribution in [0.3, 0.4) is 0 Å². The number of nitro groups is 1.